The Bertz CT molecular complexity index is 498. The topological polar surface area (TPSA) is 32.3 Å². The van der Waals surface area contributed by atoms with E-state index in [1.54, 1.807) is 0 Å². The van der Waals surface area contributed by atoms with Crippen molar-refractivity contribution in [2.75, 3.05) is 19.6 Å². The molecular weight excluding hydrogens is 260 g/mol. The van der Waals surface area contributed by atoms with Crippen LogP contribution in [0.3, 0.4) is 0 Å². The Kier molecular flexibility index (Phi) is 4.59. The smallest absolute Gasteiger partial charge is 0.230 e. The monoisotopic (exact) mass is 286 g/mol. The predicted molar refractivity (Wildman–Crippen MR) is 85.4 cm³/mol. The minimum Gasteiger partial charge on any atom is -0.341 e. The summed E-state index contributed by atoms with van der Waals surface area (Å²) in [6, 6.07) is 8.98. The van der Waals surface area contributed by atoms with E-state index in [0.29, 0.717) is 11.9 Å². The molecule has 2 unspecified atom stereocenters. The van der Waals surface area contributed by atoms with Gasteiger partial charge in [0.15, 0.2) is 0 Å². The molecule has 1 saturated heterocycles. The van der Waals surface area contributed by atoms with Crippen molar-refractivity contribution in [2.45, 2.75) is 51.0 Å². The third-order valence-corrected chi connectivity index (χ3v) is 4.89. The van der Waals surface area contributed by atoms with E-state index in [0.717, 1.165) is 45.3 Å². The second-order valence-corrected chi connectivity index (χ2v) is 6.32. The lowest BCUT2D eigenvalue weighted by Gasteiger charge is -2.36. The number of amides is 1. The Hall–Kier alpha value is -1.35. The number of rotatable bonds is 3. The van der Waals surface area contributed by atoms with Crippen LogP contribution < -0.4 is 5.32 Å². The van der Waals surface area contributed by atoms with Crippen molar-refractivity contribution >= 4 is 5.91 Å². The van der Waals surface area contributed by atoms with E-state index in [4.69, 9.17) is 0 Å². The van der Waals surface area contributed by atoms with Gasteiger partial charge in [0.1, 0.15) is 0 Å². The molecule has 0 saturated carbocycles. The highest BCUT2D eigenvalue weighted by atomic mass is 16.2. The first-order valence-electron chi connectivity index (χ1n) is 8.39. The van der Waals surface area contributed by atoms with Crippen LogP contribution >= 0.6 is 0 Å². The highest BCUT2D eigenvalue weighted by molar-refractivity contribution is 5.84. The zero-order chi connectivity index (χ0) is 14.7. The lowest BCUT2D eigenvalue weighted by molar-refractivity contribution is -0.134. The molecule has 1 N–H and O–H groups in total. The first-order valence-corrected chi connectivity index (χ1v) is 8.39. The molecule has 1 fully saturated rings. The van der Waals surface area contributed by atoms with E-state index in [-0.39, 0.29) is 5.92 Å². The summed E-state index contributed by atoms with van der Waals surface area (Å²) in [4.78, 5) is 15.1. The number of benzene rings is 1. The summed E-state index contributed by atoms with van der Waals surface area (Å²) in [5.41, 5.74) is 2.65. The molecule has 3 nitrogen and oxygen atoms in total. The summed E-state index contributed by atoms with van der Waals surface area (Å²) in [6.45, 7) is 4.93. The van der Waals surface area contributed by atoms with E-state index in [9.17, 15) is 4.79 Å². The summed E-state index contributed by atoms with van der Waals surface area (Å²) in [5.74, 6) is 0.445. The van der Waals surface area contributed by atoms with Gasteiger partial charge in [-0.3, -0.25) is 4.79 Å². The second-order valence-electron chi connectivity index (χ2n) is 6.32. The van der Waals surface area contributed by atoms with Gasteiger partial charge < -0.3 is 10.2 Å². The molecule has 1 aliphatic heterocycles. The highest BCUT2D eigenvalue weighted by Gasteiger charge is 2.32. The van der Waals surface area contributed by atoms with Gasteiger partial charge in [0.05, 0.1) is 5.92 Å². The Morgan fingerprint density at radius 1 is 1.29 bits per heavy atom. The van der Waals surface area contributed by atoms with Crippen molar-refractivity contribution in [3.05, 3.63) is 35.4 Å². The molecule has 3 heteroatoms. The van der Waals surface area contributed by atoms with Crippen LogP contribution in [-0.4, -0.2) is 36.5 Å². The molecule has 1 heterocycles. The fourth-order valence-corrected chi connectivity index (χ4v) is 3.86. The molecule has 0 bridgehead atoms. The summed E-state index contributed by atoms with van der Waals surface area (Å²) < 4.78 is 0. The number of aryl methyl sites for hydroxylation is 1. The molecule has 114 valence electrons. The van der Waals surface area contributed by atoms with Gasteiger partial charge in [-0.05, 0) is 49.8 Å². The number of carbonyl (C=O) groups is 1. The number of nitrogens with one attached hydrogen (secondary N) is 1. The fraction of sp³-hybridized carbons (Fsp3) is 0.611. The number of hydrogen-bond donors (Lipinski definition) is 1. The fourth-order valence-electron chi connectivity index (χ4n) is 3.86. The molecule has 2 aliphatic rings. The Balaban J connectivity index is 1.74. The number of likely N-dealkylation sites (tertiary alicyclic amines) is 1. The quantitative estimate of drug-likeness (QED) is 0.926. The number of nitrogens with zero attached hydrogens (tertiary/aromatic N) is 1. The largest absolute Gasteiger partial charge is 0.341 e. The number of piperidine rings is 1. The zero-order valence-corrected chi connectivity index (χ0v) is 13.0. The minimum atomic E-state index is 0.0929. The van der Waals surface area contributed by atoms with E-state index in [2.05, 4.69) is 41.4 Å². The van der Waals surface area contributed by atoms with Gasteiger partial charge >= 0.3 is 0 Å². The van der Waals surface area contributed by atoms with Crippen LogP contribution in [0.25, 0.3) is 0 Å². The molecule has 0 aromatic heterocycles. The average molecular weight is 286 g/mol. The maximum absolute atomic E-state index is 13.0. The van der Waals surface area contributed by atoms with Crippen molar-refractivity contribution < 1.29 is 4.79 Å². The van der Waals surface area contributed by atoms with E-state index < -0.39 is 0 Å². The van der Waals surface area contributed by atoms with Crippen molar-refractivity contribution in [2.24, 2.45) is 0 Å². The summed E-state index contributed by atoms with van der Waals surface area (Å²) in [6.07, 6.45) is 5.59. The molecule has 3 rings (SSSR count). The Morgan fingerprint density at radius 3 is 3.00 bits per heavy atom. The summed E-state index contributed by atoms with van der Waals surface area (Å²) in [5, 5.41) is 3.50. The number of likely N-dealkylation sites (N-methyl/N-ethyl adjacent to an activating group) is 1. The molecule has 21 heavy (non-hydrogen) atoms. The van der Waals surface area contributed by atoms with Crippen molar-refractivity contribution in [1.29, 1.82) is 0 Å². The molecule has 1 aliphatic carbocycles. The number of carbonyl (C=O) groups excluding carboxylic acids is 1. The predicted octanol–water partition coefficient (Wildman–Crippen LogP) is 2.71. The molecular formula is C18H26N2O. The van der Waals surface area contributed by atoms with Gasteiger partial charge in [-0.1, -0.05) is 31.2 Å². The molecule has 1 aromatic rings. The standard InChI is InChI=1S/C18H26N2O/c1-2-19-15-9-6-12-20(13-15)18(21)17-11-5-8-14-7-3-4-10-16(14)17/h3-4,7,10,15,17,19H,2,5-6,8-9,11-13H2,1H3. The van der Waals surface area contributed by atoms with Crippen LogP contribution in [0.4, 0.5) is 0 Å². The van der Waals surface area contributed by atoms with Gasteiger partial charge in [-0.25, -0.2) is 0 Å². The highest BCUT2D eigenvalue weighted by Crippen LogP contribution is 2.33. The first-order chi connectivity index (χ1) is 10.3. The maximum Gasteiger partial charge on any atom is 0.230 e. The van der Waals surface area contributed by atoms with Gasteiger partial charge in [0.25, 0.3) is 0 Å². The molecule has 1 amide bonds. The zero-order valence-electron chi connectivity index (χ0n) is 13.0. The molecule has 1 aromatic carbocycles. The Morgan fingerprint density at radius 2 is 2.14 bits per heavy atom. The average Bonchev–Trinajstić information content (AvgIpc) is 2.54. The van der Waals surface area contributed by atoms with Gasteiger partial charge in [-0.15, -0.1) is 0 Å². The SMILES string of the molecule is CCNC1CCCN(C(=O)C2CCCc3ccccc32)C1. The van der Waals surface area contributed by atoms with Crippen LogP contribution in [0.2, 0.25) is 0 Å². The van der Waals surface area contributed by atoms with E-state index >= 15 is 0 Å². The Labute approximate surface area is 127 Å². The van der Waals surface area contributed by atoms with Crippen LogP contribution in [0, 0.1) is 0 Å². The lowest BCUT2D eigenvalue weighted by atomic mass is 9.82. The van der Waals surface area contributed by atoms with E-state index in [1.165, 1.54) is 17.5 Å². The number of hydrogen-bond acceptors (Lipinski definition) is 2. The van der Waals surface area contributed by atoms with Crippen LogP contribution in [0.5, 0.6) is 0 Å². The van der Waals surface area contributed by atoms with Crippen LogP contribution in [0.15, 0.2) is 24.3 Å². The van der Waals surface area contributed by atoms with Crippen molar-refractivity contribution in [1.82, 2.24) is 10.2 Å². The minimum absolute atomic E-state index is 0.0929. The normalized spacial score (nSPS) is 25.5. The van der Waals surface area contributed by atoms with Crippen molar-refractivity contribution in [3.63, 3.8) is 0 Å². The van der Waals surface area contributed by atoms with Crippen molar-refractivity contribution in [3.8, 4) is 0 Å². The third kappa shape index (κ3) is 3.13. The number of fused-ring (bicyclic) bond motifs is 1. The first kappa shape index (κ1) is 14.6. The van der Waals surface area contributed by atoms with Gasteiger partial charge in [0, 0.05) is 19.1 Å². The van der Waals surface area contributed by atoms with Crippen LogP contribution in [-0.2, 0) is 11.2 Å². The third-order valence-electron chi connectivity index (χ3n) is 4.89. The maximum atomic E-state index is 13.0. The second kappa shape index (κ2) is 6.61. The molecule has 0 radical (unpaired) electrons. The lowest BCUT2D eigenvalue weighted by Crippen LogP contribution is -2.49. The molecule has 2 atom stereocenters. The summed E-state index contributed by atoms with van der Waals surface area (Å²) >= 11 is 0. The van der Waals surface area contributed by atoms with Crippen LogP contribution in [0.1, 0.15) is 49.7 Å². The van der Waals surface area contributed by atoms with Gasteiger partial charge in [-0.2, -0.15) is 0 Å². The summed E-state index contributed by atoms with van der Waals surface area (Å²) in [7, 11) is 0. The molecule has 0 spiro atoms. The van der Waals surface area contributed by atoms with Gasteiger partial charge in [0.2, 0.25) is 5.91 Å². The van der Waals surface area contributed by atoms with E-state index in [1.807, 2.05) is 0 Å².